The number of rotatable bonds is 5. The van der Waals surface area contributed by atoms with Gasteiger partial charge in [0.15, 0.2) is 0 Å². The molecule has 0 spiro atoms. The molecule has 0 radical (unpaired) electrons. The largest absolute Gasteiger partial charge is 0.378 e. The molecular formula is C15H22N2O3. The average Bonchev–Trinajstić information content (AvgIpc) is 2.44. The lowest BCUT2D eigenvalue weighted by Crippen LogP contribution is -2.29. The summed E-state index contributed by atoms with van der Waals surface area (Å²) in [6, 6.07) is 7.13. The summed E-state index contributed by atoms with van der Waals surface area (Å²) in [4.78, 5) is 30.5. The standard InChI is InChI=1S/C15H22N2O3/c1-5-6-7-14(18)20-17(4)15(19)12-8-10-13(11-9-12)16(2)3/h8-11H,5-7H2,1-4H3. The van der Waals surface area contributed by atoms with E-state index in [1.54, 1.807) is 12.1 Å². The van der Waals surface area contributed by atoms with Crippen molar-refractivity contribution in [3.05, 3.63) is 29.8 Å². The third kappa shape index (κ3) is 4.57. The first-order valence-corrected chi connectivity index (χ1v) is 6.72. The van der Waals surface area contributed by atoms with Gasteiger partial charge in [-0.05, 0) is 30.7 Å². The summed E-state index contributed by atoms with van der Waals surface area (Å²) in [6.45, 7) is 1.99. The third-order valence-corrected chi connectivity index (χ3v) is 2.89. The average molecular weight is 278 g/mol. The molecule has 0 saturated carbocycles. The normalized spacial score (nSPS) is 10.0. The van der Waals surface area contributed by atoms with Gasteiger partial charge in [0.25, 0.3) is 5.91 Å². The monoisotopic (exact) mass is 278 g/mol. The van der Waals surface area contributed by atoms with E-state index in [4.69, 9.17) is 4.84 Å². The van der Waals surface area contributed by atoms with Crippen LogP contribution in [0, 0.1) is 0 Å². The Kier molecular flexibility index (Phi) is 6.03. The van der Waals surface area contributed by atoms with Crippen LogP contribution in [0.3, 0.4) is 0 Å². The number of carbonyl (C=O) groups is 2. The summed E-state index contributed by atoms with van der Waals surface area (Å²) < 4.78 is 0. The van der Waals surface area contributed by atoms with Gasteiger partial charge in [-0.3, -0.25) is 4.79 Å². The van der Waals surface area contributed by atoms with Crippen molar-refractivity contribution < 1.29 is 14.4 Å². The van der Waals surface area contributed by atoms with E-state index in [0.717, 1.165) is 23.6 Å². The van der Waals surface area contributed by atoms with Crippen molar-refractivity contribution in [2.24, 2.45) is 0 Å². The van der Waals surface area contributed by atoms with E-state index in [-0.39, 0.29) is 11.9 Å². The lowest BCUT2D eigenvalue weighted by atomic mass is 10.2. The molecule has 1 aromatic rings. The van der Waals surface area contributed by atoms with Gasteiger partial charge in [0, 0.05) is 38.8 Å². The summed E-state index contributed by atoms with van der Waals surface area (Å²) in [5.74, 6) is -0.715. The summed E-state index contributed by atoms with van der Waals surface area (Å²) in [5, 5.41) is 0.989. The van der Waals surface area contributed by atoms with Crippen molar-refractivity contribution in [3.63, 3.8) is 0 Å². The minimum Gasteiger partial charge on any atom is -0.378 e. The number of hydrogen-bond acceptors (Lipinski definition) is 4. The van der Waals surface area contributed by atoms with Crippen molar-refractivity contribution in [2.45, 2.75) is 26.2 Å². The van der Waals surface area contributed by atoms with Crippen LogP contribution < -0.4 is 4.90 Å². The van der Waals surface area contributed by atoms with Crippen LogP contribution in [0.25, 0.3) is 0 Å². The van der Waals surface area contributed by atoms with E-state index in [0.29, 0.717) is 12.0 Å². The molecule has 0 aromatic heterocycles. The summed E-state index contributed by atoms with van der Waals surface area (Å²) in [5.41, 5.74) is 1.49. The van der Waals surface area contributed by atoms with Crippen LogP contribution in [-0.2, 0) is 9.63 Å². The molecule has 0 bridgehead atoms. The van der Waals surface area contributed by atoms with Gasteiger partial charge in [-0.1, -0.05) is 13.3 Å². The predicted molar refractivity (Wildman–Crippen MR) is 78.5 cm³/mol. The van der Waals surface area contributed by atoms with E-state index < -0.39 is 0 Å². The maximum absolute atomic E-state index is 12.1. The highest BCUT2D eigenvalue weighted by atomic mass is 16.7. The Labute approximate surface area is 120 Å². The van der Waals surface area contributed by atoms with Gasteiger partial charge >= 0.3 is 5.97 Å². The number of benzene rings is 1. The number of hydrogen-bond donors (Lipinski definition) is 0. The van der Waals surface area contributed by atoms with Crippen LogP contribution in [0.4, 0.5) is 5.69 Å². The lowest BCUT2D eigenvalue weighted by molar-refractivity contribution is -0.173. The Bertz CT molecular complexity index is 455. The van der Waals surface area contributed by atoms with Gasteiger partial charge in [0.05, 0.1) is 0 Å². The molecule has 0 aliphatic heterocycles. The van der Waals surface area contributed by atoms with Crippen LogP contribution >= 0.6 is 0 Å². The number of anilines is 1. The minimum atomic E-state index is -0.382. The molecule has 0 N–H and O–H groups in total. The van der Waals surface area contributed by atoms with Gasteiger partial charge in [0.1, 0.15) is 0 Å². The lowest BCUT2D eigenvalue weighted by Gasteiger charge is -2.17. The second kappa shape index (κ2) is 7.53. The molecule has 1 rings (SSSR count). The molecule has 0 unspecified atom stereocenters. The molecular weight excluding hydrogens is 256 g/mol. The van der Waals surface area contributed by atoms with Crippen molar-refractivity contribution in [1.29, 1.82) is 0 Å². The summed E-state index contributed by atoms with van der Waals surface area (Å²) in [7, 11) is 5.31. The quantitative estimate of drug-likeness (QED) is 0.776. The molecule has 20 heavy (non-hydrogen) atoms. The highest BCUT2D eigenvalue weighted by molar-refractivity contribution is 5.94. The zero-order valence-electron chi connectivity index (χ0n) is 12.5. The number of nitrogens with zero attached hydrogens (tertiary/aromatic N) is 2. The first-order chi connectivity index (χ1) is 9.45. The zero-order valence-corrected chi connectivity index (χ0v) is 12.5. The molecule has 110 valence electrons. The molecule has 0 saturated heterocycles. The van der Waals surface area contributed by atoms with Gasteiger partial charge in [0.2, 0.25) is 0 Å². The van der Waals surface area contributed by atoms with Crippen molar-refractivity contribution in [3.8, 4) is 0 Å². The maximum Gasteiger partial charge on any atom is 0.332 e. The number of amides is 1. The third-order valence-electron chi connectivity index (χ3n) is 2.89. The molecule has 0 fully saturated rings. The molecule has 1 aromatic carbocycles. The molecule has 0 atom stereocenters. The van der Waals surface area contributed by atoms with E-state index in [1.807, 2.05) is 38.1 Å². The van der Waals surface area contributed by atoms with Crippen molar-refractivity contribution in [1.82, 2.24) is 5.06 Å². The highest BCUT2D eigenvalue weighted by Crippen LogP contribution is 2.13. The van der Waals surface area contributed by atoms with Crippen LogP contribution in [0.15, 0.2) is 24.3 Å². The number of unbranched alkanes of at least 4 members (excludes halogenated alkanes) is 1. The highest BCUT2D eigenvalue weighted by Gasteiger charge is 2.16. The fraction of sp³-hybridized carbons (Fsp3) is 0.467. The Hall–Kier alpha value is -2.04. The number of carbonyl (C=O) groups excluding carboxylic acids is 2. The second-order valence-electron chi connectivity index (χ2n) is 4.81. The Balaban J connectivity index is 2.62. The van der Waals surface area contributed by atoms with Crippen molar-refractivity contribution in [2.75, 3.05) is 26.0 Å². The zero-order chi connectivity index (χ0) is 15.1. The van der Waals surface area contributed by atoms with Gasteiger partial charge in [-0.25, -0.2) is 4.79 Å². The number of hydroxylamine groups is 2. The Morgan fingerprint density at radius 2 is 1.70 bits per heavy atom. The van der Waals surface area contributed by atoms with Gasteiger partial charge < -0.3 is 9.74 Å². The first-order valence-electron chi connectivity index (χ1n) is 6.72. The van der Waals surface area contributed by atoms with E-state index in [1.165, 1.54) is 7.05 Å². The van der Waals surface area contributed by atoms with Crippen LogP contribution in [0.2, 0.25) is 0 Å². The summed E-state index contributed by atoms with van der Waals surface area (Å²) in [6.07, 6.45) is 2.00. The van der Waals surface area contributed by atoms with Gasteiger partial charge in [-0.2, -0.15) is 5.06 Å². The molecule has 0 aliphatic rings. The molecule has 0 heterocycles. The summed E-state index contributed by atoms with van der Waals surface area (Å²) >= 11 is 0. The fourth-order valence-electron chi connectivity index (χ4n) is 1.64. The van der Waals surface area contributed by atoms with Gasteiger partial charge in [-0.15, -0.1) is 0 Å². The van der Waals surface area contributed by atoms with E-state index in [2.05, 4.69) is 0 Å². The smallest absolute Gasteiger partial charge is 0.332 e. The van der Waals surface area contributed by atoms with Crippen LogP contribution in [0.1, 0.15) is 36.5 Å². The van der Waals surface area contributed by atoms with Crippen molar-refractivity contribution >= 4 is 17.6 Å². The topological polar surface area (TPSA) is 49.9 Å². The molecule has 5 nitrogen and oxygen atoms in total. The second-order valence-corrected chi connectivity index (χ2v) is 4.81. The Morgan fingerprint density at radius 3 is 2.20 bits per heavy atom. The molecule has 0 aliphatic carbocycles. The van der Waals surface area contributed by atoms with E-state index >= 15 is 0 Å². The molecule has 1 amide bonds. The maximum atomic E-state index is 12.1. The minimum absolute atomic E-state index is 0.327. The predicted octanol–water partition coefficient (Wildman–Crippen LogP) is 2.47. The van der Waals surface area contributed by atoms with E-state index in [9.17, 15) is 9.59 Å². The van der Waals surface area contributed by atoms with Crippen LogP contribution in [0.5, 0.6) is 0 Å². The molecule has 5 heteroatoms. The Morgan fingerprint density at radius 1 is 1.10 bits per heavy atom. The van der Waals surface area contributed by atoms with Crippen LogP contribution in [-0.4, -0.2) is 38.1 Å². The fourth-order valence-corrected chi connectivity index (χ4v) is 1.64. The first kappa shape index (κ1) is 16.0. The SMILES string of the molecule is CCCCC(=O)ON(C)C(=O)c1ccc(N(C)C)cc1.